The van der Waals surface area contributed by atoms with E-state index in [2.05, 4.69) is 25.2 Å². The normalized spacial score (nSPS) is 10.3. The first-order valence-electron chi connectivity index (χ1n) is 5.74. The summed E-state index contributed by atoms with van der Waals surface area (Å²) in [4.78, 5) is 0. The summed E-state index contributed by atoms with van der Waals surface area (Å²) >= 11 is 6.11. The summed E-state index contributed by atoms with van der Waals surface area (Å²) in [7, 11) is 0. The smallest absolute Gasteiger partial charge is 0.0640 e. The van der Waals surface area contributed by atoms with Gasteiger partial charge >= 0.3 is 0 Å². The van der Waals surface area contributed by atoms with Gasteiger partial charge in [-0.05, 0) is 25.0 Å². The molecule has 0 radical (unpaired) electrons. The molecule has 0 heterocycles. The summed E-state index contributed by atoms with van der Waals surface area (Å²) < 4.78 is 0. The Kier molecular flexibility index (Phi) is 5.56. The van der Waals surface area contributed by atoms with Crippen LogP contribution in [0.1, 0.15) is 38.2 Å². The van der Waals surface area contributed by atoms with Gasteiger partial charge in [-0.3, -0.25) is 0 Å². The molecule has 0 saturated carbocycles. The van der Waals surface area contributed by atoms with E-state index in [1.54, 1.807) is 0 Å². The minimum atomic E-state index is 0.825. The molecule has 84 valence electrons. The number of aryl methyl sites for hydroxylation is 1. The van der Waals surface area contributed by atoms with Crippen molar-refractivity contribution in [2.45, 2.75) is 39.5 Å². The molecule has 0 atom stereocenters. The Morgan fingerprint density at radius 1 is 1.20 bits per heavy atom. The fourth-order valence-electron chi connectivity index (χ4n) is 1.62. The number of hydrogen-bond donors (Lipinski definition) is 1. The first-order chi connectivity index (χ1) is 7.25. The average molecular weight is 226 g/mol. The van der Waals surface area contributed by atoms with E-state index in [-0.39, 0.29) is 0 Å². The Hall–Kier alpha value is -0.690. The van der Waals surface area contributed by atoms with Crippen LogP contribution in [0.2, 0.25) is 5.02 Å². The van der Waals surface area contributed by atoms with Crippen LogP contribution >= 0.6 is 11.6 Å². The van der Waals surface area contributed by atoms with Crippen molar-refractivity contribution >= 4 is 17.3 Å². The van der Waals surface area contributed by atoms with Crippen molar-refractivity contribution in [1.29, 1.82) is 0 Å². The van der Waals surface area contributed by atoms with Gasteiger partial charge in [0.2, 0.25) is 0 Å². The molecule has 0 aliphatic rings. The largest absolute Gasteiger partial charge is 0.384 e. The van der Waals surface area contributed by atoms with Crippen LogP contribution < -0.4 is 5.32 Å². The maximum atomic E-state index is 6.11. The lowest BCUT2D eigenvalue weighted by Crippen LogP contribution is -2.03. The summed E-state index contributed by atoms with van der Waals surface area (Å²) in [6, 6.07) is 6.00. The van der Waals surface area contributed by atoms with Crippen LogP contribution in [-0.2, 0) is 0 Å². The van der Waals surface area contributed by atoms with Gasteiger partial charge in [0, 0.05) is 6.54 Å². The van der Waals surface area contributed by atoms with Gasteiger partial charge in [0.15, 0.2) is 0 Å². The van der Waals surface area contributed by atoms with E-state index >= 15 is 0 Å². The van der Waals surface area contributed by atoms with Crippen molar-refractivity contribution in [3.8, 4) is 0 Å². The predicted octanol–water partition coefficient (Wildman–Crippen LogP) is 4.64. The molecular formula is C13H20ClN. The molecule has 0 aromatic heterocycles. The van der Waals surface area contributed by atoms with Crippen molar-refractivity contribution in [3.63, 3.8) is 0 Å². The molecule has 0 aliphatic carbocycles. The lowest BCUT2D eigenvalue weighted by molar-refractivity contribution is 0.685. The highest BCUT2D eigenvalue weighted by atomic mass is 35.5. The highest BCUT2D eigenvalue weighted by molar-refractivity contribution is 6.33. The standard InChI is InChI=1S/C13H20ClN/c1-3-4-5-6-10-15-13-11(2)8-7-9-12(13)14/h7-9,15H,3-6,10H2,1-2H3. The molecule has 15 heavy (non-hydrogen) atoms. The molecule has 0 saturated heterocycles. The number of unbranched alkanes of at least 4 members (excludes halogenated alkanes) is 3. The van der Waals surface area contributed by atoms with E-state index in [0.29, 0.717) is 0 Å². The molecule has 0 fully saturated rings. The zero-order valence-electron chi connectivity index (χ0n) is 9.65. The maximum absolute atomic E-state index is 6.11. The Balaban J connectivity index is 2.37. The minimum Gasteiger partial charge on any atom is -0.384 e. The molecule has 0 aliphatic heterocycles. The Morgan fingerprint density at radius 2 is 2.00 bits per heavy atom. The summed E-state index contributed by atoms with van der Waals surface area (Å²) in [6.07, 6.45) is 5.12. The van der Waals surface area contributed by atoms with E-state index in [9.17, 15) is 0 Å². The quantitative estimate of drug-likeness (QED) is 0.696. The van der Waals surface area contributed by atoms with Gasteiger partial charge in [-0.15, -0.1) is 0 Å². The fourth-order valence-corrected chi connectivity index (χ4v) is 1.91. The SMILES string of the molecule is CCCCCCNc1c(C)cccc1Cl. The van der Waals surface area contributed by atoms with Crippen LogP contribution in [-0.4, -0.2) is 6.54 Å². The summed E-state index contributed by atoms with van der Waals surface area (Å²) in [6.45, 7) is 5.33. The molecule has 1 rings (SSSR count). The molecule has 0 spiro atoms. The second kappa shape index (κ2) is 6.73. The number of para-hydroxylation sites is 1. The van der Waals surface area contributed by atoms with E-state index in [0.717, 1.165) is 17.3 Å². The van der Waals surface area contributed by atoms with Crippen molar-refractivity contribution < 1.29 is 0 Å². The molecule has 0 unspecified atom stereocenters. The van der Waals surface area contributed by atoms with Crippen LogP contribution in [0.15, 0.2) is 18.2 Å². The second-order valence-corrected chi connectivity index (χ2v) is 4.33. The first kappa shape index (κ1) is 12.4. The fraction of sp³-hybridized carbons (Fsp3) is 0.538. The van der Waals surface area contributed by atoms with Crippen molar-refractivity contribution in [1.82, 2.24) is 0 Å². The van der Waals surface area contributed by atoms with Gasteiger partial charge in [-0.1, -0.05) is 49.9 Å². The third-order valence-corrected chi connectivity index (χ3v) is 2.87. The maximum Gasteiger partial charge on any atom is 0.0640 e. The van der Waals surface area contributed by atoms with Crippen LogP contribution in [0.3, 0.4) is 0 Å². The van der Waals surface area contributed by atoms with E-state index in [4.69, 9.17) is 11.6 Å². The number of hydrogen-bond acceptors (Lipinski definition) is 1. The van der Waals surface area contributed by atoms with Crippen molar-refractivity contribution in [3.05, 3.63) is 28.8 Å². The van der Waals surface area contributed by atoms with Crippen LogP contribution in [0.25, 0.3) is 0 Å². The summed E-state index contributed by atoms with van der Waals surface area (Å²) in [5, 5.41) is 4.23. The highest BCUT2D eigenvalue weighted by Gasteiger charge is 2.01. The van der Waals surface area contributed by atoms with Gasteiger partial charge in [0.25, 0.3) is 0 Å². The third-order valence-electron chi connectivity index (χ3n) is 2.55. The zero-order valence-corrected chi connectivity index (χ0v) is 10.4. The van der Waals surface area contributed by atoms with Gasteiger partial charge in [0.05, 0.1) is 10.7 Å². The van der Waals surface area contributed by atoms with Gasteiger partial charge in [0.1, 0.15) is 0 Å². The monoisotopic (exact) mass is 225 g/mol. The second-order valence-electron chi connectivity index (χ2n) is 3.92. The Morgan fingerprint density at radius 3 is 2.67 bits per heavy atom. The summed E-state index contributed by atoms with van der Waals surface area (Å²) in [5.41, 5.74) is 2.31. The minimum absolute atomic E-state index is 0.825. The number of halogens is 1. The van der Waals surface area contributed by atoms with Gasteiger partial charge in [-0.2, -0.15) is 0 Å². The first-order valence-corrected chi connectivity index (χ1v) is 6.12. The van der Waals surface area contributed by atoms with E-state index < -0.39 is 0 Å². The molecule has 0 bridgehead atoms. The Bertz CT molecular complexity index is 276. The molecule has 0 amide bonds. The molecule has 1 aromatic rings. The van der Waals surface area contributed by atoms with Crippen molar-refractivity contribution in [2.24, 2.45) is 0 Å². The summed E-state index contributed by atoms with van der Waals surface area (Å²) in [5.74, 6) is 0. The lowest BCUT2D eigenvalue weighted by Gasteiger charge is -2.10. The van der Waals surface area contributed by atoms with Crippen molar-refractivity contribution in [2.75, 3.05) is 11.9 Å². The zero-order chi connectivity index (χ0) is 11.1. The molecule has 1 nitrogen and oxygen atoms in total. The van der Waals surface area contributed by atoms with Crippen LogP contribution in [0.4, 0.5) is 5.69 Å². The third kappa shape index (κ3) is 4.13. The van der Waals surface area contributed by atoms with Gasteiger partial charge in [-0.25, -0.2) is 0 Å². The molecule has 1 N–H and O–H groups in total. The van der Waals surface area contributed by atoms with E-state index in [1.807, 2.05) is 12.1 Å². The topological polar surface area (TPSA) is 12.0 Å². The lowest BCUT2D eigenvalue weighted by atomic mass is 10.2. The molecular weight excluding hydrogens is 206 g/mol. The predicted molar refractivity (Wildman–Crippen MR) is 68.8 cm³/mol. The molecule has 2 heteroatoms. The highest BCUT2D eigenvalue weighted by Crippen LogP contribution is 2.25. The molecule has 1 aromatic carbocycles. The number of nitrogens with one attached hydrogen (secondary N) is 1. The Labute approximate surface area is 97.8 Å². The van der Waals surface area contributed by atoms with E-state index in [1.165, 1.54) is 31.2 Å². The van der Waals surface area contributed by atoms with Gasteiger partial charge < -0.3 is 5.32 Å². The van der Waals surface area contributed by atoms with Crippen LogP contribution in [0.5, 0.6) is 0 Å². The van der Waals surface area contributed by atoms with Crippen LogP contribution in [0, 0.1) is 6.92 Å². The number of benzene rings is 1. The number of anilines is 1. The average Bonchev–Trinajstić information content (AvgIpc) is 2.21. The number of rotatable bonds is 6.